The summed E-state index contributed by atoms with van der Waals surface area (Å²) in [4.78, 5) is 11.9. The Morgan fingerprint density at radius 1 is 1.43 bits per heavy atom. The molecule has 21 heavy (non-hydrogen) atoms. The number of urea groups is 1. The van der Waals surface area contributed by atoms with Crippen molar-refractivity contribution in [3.63, 3.8) is 0 Å². The first-order valence-corrected chi connectivity index (χ1v) is 7.81. The van der Waals surface area contributed by atoms with Gasteiger partial charge in [-0.05, 0) is 12.1 Å². The van der Waals surface area contributed by atoms with Crippen molar-refractivity contribution in [1.82, 2.24) is 10.2 Å². The lowest BCUT2D eigenvalue weighted by Gasteiger charge is -2.09. The second-order valence-electron chi connectivity index (χ2n) is 3.75. The number of benzene rings is 1. The molecule has 1 heterocycles. The Morgan fingerprint density at radius 3 is 3.00 bits per heavy atom. The Morgan fingerprint density at radius 2 is 2.24 bits per heavy atom. The van der Waals surface area contributed by atoms with Crippen LogP contribution in [0.2, 0.25) is 0 Å². The number of ether oxygens (including phenoxy) is 1. The van der Waals surface area contributed by atoms with Gasteiger partial charge in [0, 0.05) is 5.75 Å². The van der Waals surface area contributed by atoms with Gasteiger partial charge < -0.3 is 10.1 Å². The first-order chi connectivity index (χ1) is 10.2. The van der Waals surface area contributed by atoms with Gasteiger partial charge in [0.1, 0.15) is 5.75 Å². The standard InChI is InChI=1S/C13H14N4O2S2/c1-3-8-20-13-17-16-12(21-13)15-11(18)14-9-6-4-5-7-10(9)19-2/h3-7H,1,8H2,2H3,(H2,14,15,16,18). The number of amides is 2. The van der Waals surface area contributed by atoms with Gasteiger partial charge in [0.2, 0.25) is 5.13 Å². The highest BCUT2D eigenvalue weighted by Crippen LogP contribution is 2.26. The largest absolute Gasteiger partial charge is 0.495 e. The van der Waals surface area contributed by atoms with Crippen molar-refractivity contribution in [1.29, 1.82) is 0 Å². The van der Waals surface area contributed by atoms with Crippen LogP contribution in [0.1, 0.15) is 0 Å². The minimum Gasteiger partial charge on any atom is -0.495 e. The number of para-hydroxylation sites is 2. The zero-order valence-corrected chi connectivity index (χ0v) is 13.0. The van der Waals surface area contributed by atoms with Crippen LogP contribution in [0.4, 0.5) is 15.6 Å². The number of methoxy groups -OCH3 is 1. The van der Waals surface area contributed by atoms with Crippen molar-refractivity contribution < 1.29 is 9.53 Å². The molecule has 8 heteroatoms. The van der Waals surface area contributed by atoms with Crippen molar-refractivity contribution in [2.45, 2.75) is 4.34 Å². The second-order valence-corrected chi connectivity index (χ2v) is 6.00. The van der Waals surface area contributed by atoms with Crippen LogP contribution >= 0.6 is 23.1 Å². The number of anilines is 2. The Labute approximate surface area is 130 Å². The normalized spacial score (nSPS) is 9.95. The van der Waals surface area contributed by atoms with E-state index in [1.807, 2.05) is 12.1 Å². The van der Waals surface area contributed by atoms with Crippen molar-refractivity contribution in [2.24, 2.45) is 0 Å². The summed E-state index contributed by atoms with van der Waals surface area (Å²) in [7, 11) is 1.55. The lowest BCUT2D eigenvalue weighted by atomic mass is 10.3. The highest BCUT2D eigenvalue weighted by Gasteiger charge is 2.10. The van der Waals surface area contributed by atoms with Crippen molar-refractivity contribution >= 4 is 39.9 Å². The van der Waals surface area contributed by atoms with E-state index in [1.54, 1.807) is 25.3 Å². The number of nitrogens with one attached hydrogen (secondary N) is 2. The maximum Gasteiger partial charge on any atom is 0.325 e. The molecule has 0 atom stereocenters. The number of rotatable bonds is 6. The SMILES string of the molecule is C=CCSc1nnc(NC(=O)Nc2ccccc2OC)s1. The van der Waals surface area contributed by atoms with E-state index in [1.165, 1.54) is 23.1 Å². The van der Waals surface area contributed by atoms with Gasteiger partial charge >= 0.3 is 6.03 Å². The van der Waals surface area contributed by atoms with Gasteiger partial charge in [0.25, 0.3) is 0 Å². The molecule has 2 aromatic rings. The summed E-state index contributed by atoms with van der Waals surface area (Å²) < 4.78 is 5.94. The number of hydrogen-bond acceptors (Lipinski definition) is 6. The van der Waals surface area contributed by atoms with Gasteiger partial charge in [0.05, 0.1) is 12.8 Å². The maximum atomic E-state index is 11.9. The number of thioether (sulfide) groups is 1. The van der Waals surface area contributed by atoms with Crippen LogP contribution in [0.3, 0.4) is 0 Å². The molecule has 2 amide bonds. The van der Waals surface area contributed by atoms with E-state index < -0.39 is 6.03 Å². The van der Waals surface area contributed by atoms with E-state index in [0.29, 0.717) is 16.6 Å². The summed E-state index contributed by atoms with van der Waals surface area (Å²) in [5.41, 5.74) is 0.586. The van der Waals surface area contributed by atoms with Crippen LogP contribution in [-0.2, 0) is 0 Å². The van der Waals surface area contributed by atoms with Crippen LogP contribution in [0.5, 0.6) is 5.75 Å². The van der Waals surface area contributed by atoms with Crippen LogP contribution < -0.4 is 15.4 Å². The average molecular weight is 322 g/mol. The van der Waals surface area contributed by atoms with Gasteiger partial charge in [-0.3, -0.25) is 5.32 Å². The molecule has 6 nitrogen and oxygen atoms in total. The lowest BCUT2D eigenvalue weighted by molar-refractivity contribution is 0.262. The summed E-state index contributed by atoms with van der Waals surface area (Å²) in [5.74, 6) is 1.34. The third kappa shape index (κ3) is 4.47. The fourth-order valence-corrected chi connectivity index (χ4v) is 2.96. The molecular formula is C13H14N4O2S2. The minimum atomic E-state index is -0.393. The first kappa shape index (κ1) is 15.3. The Kier molecular flexibility index (Phi) is 5.59. The average Bonchev–Trinajstić information content (AvgIpc) is 2.93. The van der Waals surface area contributed by atoms with Crippen LogP contribution in [0.25, 0.3) is 0 Å². The monoisotopic (exact) mass is 322 g/mol. The van der Waals surface area contributed by atoms with Crippen LogP contribution in [0.15, 0.2) is 41.3 Å². The van der Waals surface area contributed by atoms with Gasteiger partial charge in [-0.15, -0.1) is 16.8 Å². The highest BCUT2D eigenvalue weighted by molar-refractivity contribution is 8.01. The number of nitrogens with zero attached hydrogens (tertiary/aromatic N) is 2. The molecule has 2 N–H and O–H groups in total. The fourth-order valence-electron chi connectivity index (χ4n) is 1.45. The lowest BCUT2D eigenvalue weighted by Crippen LogP contribution is -2.19. The van der Waals surface area contributed by atoms with E-state index in [0.717, 1.165) is 10.1 Å². The molecule has 0 aliphatic heterocycles. The molecule has 0 fully saturated rings. The molecular weight excluding hydrogens is 308 g/mol. The molecule has 0 radical (unpaired) electrons. The molecule has 0 saturated heterocycles. The van der Waals surface area contributed by atoms with Crippen molar-refractivity contribution in [3.8, 4) is 5.75 Å². The van der Waals surface area contributed by atoms with E-state index in [4.69, 9.17) is 4.74 Å². The fraction of sp³-hybridized carbons (Fsp3) is 0.154. The minimum absolute atomic E-state index is 0.393. The predicted octanol–water partition coefficient (Wildman–Crippen LogP) is 3.47. The Balaban J connectivity index is 1.95. The predicted molar refractivity (Wildman–Crippen MR) is 86.5 cm³/mol. The van der Waals surface area contributed by atoms with Crippen molar-refractivity contribution in [2.75, 3.05) is 23.5 Å². The third-order valence-corrected chi connectivity index (χ3v) is 4.27. The zero-order chi connectivity index (χ0) is 15.1. The number of carbonyl (C=O) groups excluding carboxylic acids is 1. The molecule has 1 aromatic carbocycles. The summed E-state index contributed by atoms with van der Waals surface area (Å²) >= 11 is 2.82. The zero-order valence-electron chi connectivity index (χ0n) is 11.3. The Bertz CT molecular complexity index is 630. The van der Waals surface area contributed by atoms with E-state index in [9.17, 15) is 4.79 Å². The van der Waals surface area contributed by atoms with E-state index in [2.05, 4.69) is 27.4 Å². The quantitative estimate of drug-likeness (QED) is 0.484. The molecule has 0 saturated carbocycles. The highest BCUT2D eigenvalue weighted by atomic mass is 32.2. The molecule has 0 aliphatic rings. The van der Waals surface area contributed by atoms with Gasteiger partial charge in [-0.25, -0.2) is 4.79 Å². The van der Waals surface area contributed by atoms with E-state index >= 15 is 0 Å². The topological polar surface area (TPSA) is 76.1 Å². The third-order valence-electron chi connectivity index (χ3n) is 2.31. The summed E-state index contributed by atoms with van der Waals surface area (Å²) in [6.45, 7) is 3.64. The number of carbonyl (C=O) groups is 1. The van der Waals surface area contributed by atoms with Crippen LogP contribution in [-0.4, -0.2) is 29.1 Å². The molecule has 0 unspecified atom stereocenters. The van der Waals surface area contributed by atoms with E-state index in [-0.39, 0.29) is 0 Å². The summed E-state index contributed by atoms with van der Waals surface area (Å²) in [6, 6.07) is 6.77. The van der Waals surface area contributed by atoms with Crippen LogP contribution in [0, 0.1) is 0 Å². The van der Waals surface area contributed by atoms with Gasteiger partial charge in [-0.1, -0.05) is 41.3 Å². The molecule has 110 valence electrons. The number of hydrogen-bond donors (Lipinski definition) is 2. The summed E-state index contributed by atoms with van der Waals surface area (Å²) in [5, 5.41) is 13.6. The molecule has 0 aliphatic carbocycles. The number of aromatic nitrogens is 2. The first-order valence-electron chi connectivity index (χ1n) is 6.01. The van der Waals surface area contributed by atoms with Gasteiger partial charge in [0.15, 0.2) is 4.34 Å². The van der Waals surface area contributed by atoms with Gasteiger partial charge in [-0.2, -0.15) is 0 Å². The maximum absolute atomic E-state index is 11.9. The summed E-state index contributed by atoms with van der Waals surface area (Å²) in [6.07, 6.45) is 1.79. The molecule has 0 spiro atoms. The molecule has 2 rings (SSSR count). The Hall–Kier alpha value is -2.06. The molecule has 1 aromatic heterocycles. The smallest absolute Gasteiger partial charge is 0.325 e. The molecule has 0 bridgehead atoms. The van der Waals surface area contributed by atoms with Crippen molar-refractivity contribution in [3.05, 3.63) is 36.9 Å². The second kappa shape index (κ2) is 7.65.